The molecule has 0 unspecified atom stereocenters. The van der Waals surface area contributed by atoms with Gasteiger partial charge in [0.15, 0.2) is 0 Å². The summed E-state index contributed by atoms with van der Waals surface area (Å²) in [7, 11) is 0. The van der Waals surface area contributed by atoms with E-state index in [0.29, 0.717) is 17.7 Å². The first-order valence-corrected chi connectivity index (χ1v) is 8.77. The molecule has 0 spiro atoms. The number of carbonyl (C=O) groups is 2. The predicted octanol–water partition coefficient (Wildman–Crippen LogP) is 4.48. The third kappa shape index (κ3) is 5.75. The van der Waals surface area contributed by atoms with Gasteiger partial charge in [0.05, 0.1) is 0 Å². The molecule has 0 heterocycles. The molecule has 2 aromatic rings. The van der Waals surface area contributed by atoms with E-state index >= 15 is 0 Å². The Balaban J connectivity index is 2.04. The van der Waals surface area contributed by atoms with E-state index in [4.69, 9.17) is 0 Å². The van der Waals surface area contributed by atoms with Crippen molar-refractivity contribution in [3.05, 3.63) is 64.7 Å². The van der Waals surface area contributed by atoms with Crippen molar-refractivity contribution >= 4 is 17.5 Å². The highest BCUT2D eigenvalue weighted by Crippen LogP contribution is 2.15. The zero-order valence-electron chi connectivity index (χ0n) is 15.2. The van der Waals surface area contributed by atoms with E-state index in [1.54, 1.807) is 24.3 Å². The first-order chi connectivity index (χ1) is 12.0. The molecule has 0 saturated carbocycles. The van der Waals surface area contributed by atoms with Crippen LogP contribution in [0.1, 0.15) is 58.0 Å². The molecule has 0 radical (unpaired) electrons. The summed E-state index contributed by atoms with van der Waals surface area (Å²) in [6.07, 6.45) is 3.18. The molecule has 2 N–H and O–H groups in total. The van der Waals surface area contributed by atoms with Gasteiger partial charge in [-0.2, -0.15) is 0 Å². The van der Waals surface area contributed by atoms with E-state index in [1.165, 1.54) is 0 Å². The Bertz CT molecular complexity index is 733. The molecule has 0 aliphatic heterocycles. The van der Waals surface area contributed by atoms with Crippen molar-refractivity contribution in [3.63, 3.8) is 0 Å². The number of amides is 2. The Labute approximate surface area is 149 Å². The highest BCUT2D eigenvalue weighted by atomic mass is 16.2. The van der Waals surface area contributed by atoms with Gasteiger partial charge in [-0.15, -0.1) is 0 Å². The van der Waals surface area contributed by atoms with Crippen LogP contribution in [0.25, 0.3) is 0 Å². The molecule has 4 nitrogen and oxygen atoms in total. The average Bonchev–Trinajstić information content (AvgIpc) is 2.57. The summed E-state index contributed by atoms with van der Waals surface area (Å²) in [4.78, 5) is 24.7. The van der Waals surface area contributed by atoms with Crippen LogP contribution in [0.5, 0.6) is 0 Å². The van der Waals surface area contributed by atoms with E-state index in [-0.39, 0.29) is 11.8 Å². The summed E-state index contributed by atoms with van der Waals surface area (Å²) < 4.78 is 0. The van der Waals surface area contributed by atoms with Crippen LogP contribution in [-0.4, -0.2) is 18.4 Å². The Morgan fingerprint density at radius 2 is 1.52 bits per heavy atom. The molecule has 0 saturated heterocycles. The van der Waals surface area contributed by atoms with Gasteiger partial charge in [0.25, 0.3) is 11.8 Å². The molecule has 2 rings (SSSR count). The minimum absolute atomic E-state index is 0.142. The number of anilines is 1. The van der Waals surface area contributed by atoms with Gasteiger partial charge < -0.3 is 10.6 Å². The van der Waals surface area contributed by atoms with Crippen molar-refractivity contribution in [2.75, 3.05) is 11.9 Å². The maximum absolute atomic E-state index is 12.5. The van der Waals surface area contributed by atoms with Crippen molar-refractivity contribution in [3.8, 4) is 0 Å². The van der Waals surface area contributed by atoms with Gasteiger partial charge >= 0.3 is 0 Å². The van der Waals surface area contributed by atoms with Crippen LogP contribution in [0, 0.1) is 13.8 Å². The molecule has 132 valence electrons. The van der Waals surface area contributed by atoms with Gasteiger partial charge in [-0.25, -0.2) is 0 Å². The molecule has 2 aromatic carbocycles. The maximum atomic E-state index is 12.5. The van der Waals surface area contributed by atoms with Gasteiger partial charge in [0, 0.05) is 23.4 Å². The SMILES string of the molecule is CCCCCNC(=O)c1cccc(C(=O)Nc2cc(C)cc(C)c2)c1. The van der Waals surface area contributed by atoms with Gasteiger partial charge in [0.2, 0.25) is 0 Å². The van der Waals surface area contributed by atoms with Crippen molar-refractivity contribution < 1.29 is 9.59 Å². The highest BCUT2D eigenvalue weighted by Gasteiger charge is 2.11. The maximum Gasteiger partial charge on any atom is 0.255 e. The summed E-state index contributed by atoms with van der Waals surface area (Å²) in [6.45, 7) is 6.77. The second-order valence-electron chi connectivity index (χ2n) is 6.37. The van der Waals surface area contributed by atoms with Crippen molar-refractivity contribution in [1.82, 2.24) is 5.32 Å². The molecule has 4 heteroatoms. The van der Waals surface area contributed by atoms with E-state index < -0.39 is 0 Å². The van der Waals surface area contributed by atoms with Crippen LogP contribution in [0.4, 0.5) is 5.69 Å². The minimum atomic E-state index is -0.217. The Morgan fingerprint density at radius 1 is 0.880 bits per heavy atom. The Morgan fingerprint density at radius 3 is 2.16 bits per heavy atom. The number of carbonyl (C=O) groups excluding carboxylic acids is 2. The van der Waals surface area contributed by atoms with Crippen LogP contribution in [0.2, 0.25) is 0 Å². The smallest absolute Gasteiger partial charge is 0.255 e. The second kappa shape index (κ2) is 9.02. The normalized spacial score (nSPS) is 10.4. The third-order valence-electron chi connectivity index (χ3n) is 3.93. The molecule has 0 aliphatic carbocycles. The van der Waals surface area contributed by atoms with E-state index in [2.05, 4.69) is 23.6 Å². The van der Waals surface area contributed by atoms with Crippen molar-refractivity contribution in [2.24, 2.45) is 0 Å². The summed E-state index contributed by atoms with van der Waals surface area (Å²) in [5.41, 5.74) is 3.92. The van der Waals surface area contributed by atoms with Gasteiger partial charge in [-0.05, 0) is 61.7 Å². The Hall–Kier alpha value is -2.62. The lowest BCUT2D eigenvalue weighted by atomic mass is 10.1. The largest absolute Gasteiger partial charge is 0.352 e. The molecule has 25 heavy (non-hydrogen) atoms. The zero-order valence-corrected chi connectivity index (χ0v) is 15.2. The fraction of sp³-hybridized carbons (Fsp3) is 0.333. The molecule has 0 atom stereocenters. The van der Waals surface area contributed by atoms with E-state index in [0.717, 1.165) is 36.1 Å². The lowest BCUT2D eigenvalue weighted by Gasteiger charge is -2.09. The number of aryl methyl sites for hydroxylation is 2. The topological polar surface area (TPSA) is 58.2 Å². The predicted molar refractivity (Wildman–Crippen MR) is 102 cm³/mol. The van der Waals surface area contributed by atoms with E-state index in [9.17, 15) is 9.59 Å². The molecule has 0 fully saturated rings. The van der Waals surface area contributed by atoms with Crippen LogP contribution in [0.15, 0.2) is 42.5 Å². The number of nitrogens with one attached hydrogen (secondary N) is 2. The number of unbranched alkanes of at least 4 members (excludes halogenated alkanes) is 2. The molecule has 0 aliphatic rings. The van der Waals surface area contributed by atoms with Crippen molar-refractivity contribution in [2.45, 2.75) is 40.0 Å². The second-order valence-corrected chi connectivity index (χ2v) is 6.37. The average molecular weight is 338 g/mol. The molecule has 2 amide bonds. The molecule has 0 bridgehead atoms. The highest BCUT2D eigenvalue weighted by molar-refractivity contribution is 6.06. The number of rotatable bonds is 7. The standard InChI is InChI=1S/C21H26N2O2/c1-4-5-6-10-22-20(24)17-8-7-9-18(14-17)21(25)23-19-12-15(2)11-16(3)13-19/h7-9,11-14H,4-6,10H2,1-3H3,(H,22,24)(H,23,25). The molecular weight excluding hydrogens is 312 g/mol. The lowest BCUT2D eigenvalue weighted by Crippen LogP contribution is -2.24. The fourth-order valence-electron chi connectivity index (χ4n) is 2.73. The zero-order chi connectivity index (χ0) is 18.2. The summed E-state index contributed by atoms with van der Waals surface area (Å²) >= 11 is 0. The quantitative estimate of drug-likeness (QED) is 0.732. The van der Waals surface area contributed by atoms with Gasteiger partial charge in [-0.3, -0.25) is 9.59 Å². The Kier molecular flexibility index (Phi) is 6.75. The fourth-order valence-corrected chi connectivity index (χ4v) is 2.73. The van der Waals surface area contributed by atoms with E-state index in [1.807, 2.05) is 26.0 Å². The monoisotopic (exact) mass is 338 g/mol. The molecular formula is C21H26N2O2. The first kappa shape index (κ1) is 18.7. The number of hydrogen-bond acceptors (Lipinski definition) is 2. The third-order valence-corrected chi connectivity index (χ3v) is 3.93. The molecule has 0 aromatic heterocycles. The summed E-state index contributed by atoms with van der Waals surface area (Å²) in [6, 6.07) is 12.7. The van der Waals surface area contributed by atoms with Gasteiger partial charge in [-0.1, -0.05) is 31.9 Å². The van der Waals surface area contributed by atoms with Crippen LogP contribution < -0.4 is 10.6 Å². The van der Waals surface area contributed by atoms with Crippen molar-refractivity contribution in [1.29, 1.82) is 0 Å². The summed E-state index contributed by atoms with van der Waals surface area (Å²) in [5.74, 6) is -0.359. The number of benzene rings is 2. The van der Waals surface area contributed by atoms with Crippen LogP contribution in [-0.2, 0) is 0 Å². The van der Waals surface area contributed by atoms with Crippen LogP contribution in [0.3, 0.4) is 0 Å². The lowest BCUT2D eigenvalue weighted by molar-refractivity contribution is 0.0953. The first-order valence-electron chi connectivity index (χ1n) is 8.77. The minimum Gasteiger partial charge on any atom is -0.352 e. The van der Waals surface area contributed by atoms with Crippen LogP contribution >= 0.6 is 0 Å². The van der Waals surface area contributed by atoms with Gasteiger partial charge in [0.1, 0.15) is 0 Å². The summed E-state index contributed by atoms with van der Waals surface area (Å²) in [5, 5.41) is 5.79. The number of hydrogen-bond donors (Lipinski definition) is 2.